The normalized spacial score (nSPS) is 19.0. The zero-order valence-corrected chi connectivity index (χ0v) is 15.3. The predicted molar refractivity (Wildman–Crippen MR) is 99.6 cm³/mol. The molecule has 0 spiro atoms. The highest BCUT2D eigenvalue weighted by molar-refractivity contribution is 5.75. The lowest BCUT2D eigenvalue weighted by atomic mass is 9.95. The maximum absolute atomic E-state index is 12.7. The van der Waals surface area contributed by atoms with Crippen LogP contribution in [0.15, 0.2) is 36.5 Å². The molecule has 0 saturated carbocycles. The second kappa shape index (κ2) is 7.72. The number of aromatic nitrogens is 2. The Morgan fingerprint density at radius 2 is 1.92 bits per heavy atom. The molecular formula is C20H28N4O. The van der Waals surface area contributed by atoms with Crippen molar-refractivity contribution in [2.45, 2.75) is 51.5 Å². The Balaban J connectivity index is 1.59. The van der Waals surface area contributed by atoms with Crippen molar-refractivity contribution in [2.24, 2.45) is 0 Å². The first-order valence-electron chi connectivity index (χ1n) is 9.19. The molecule has 1 aliphatic heterocycles. The van der Waals surface area contributed by atoms with Crippen LogP contribution in [-0.4, -0.2) is 34.2 Å². The lowest BCUT2D eigenvalue weighted by Crippen LogP contribution is -2.45. The number of nitrogens with zero attached hydrogens (tertiary/aromatic N) is 2. The molecule has 2 N–H and O–H groups in total. The van der Waals surface area contributed by atoms with Gasteiger partial charge in [-0.2, -0.15) is 5.10 Å². The molecule has 134 valence electrons. The number of carbonyl (C=O) groups is 1. The number of carbonyl (C=O) groups excluding carboxylic acids is 1. The summed E-state index contributed by atoms with van der Waals surface area (Å²) >= 11 is 0. The van der Waals surface area contributed by atoms with E-state index in [1.807, 2.05) is 17.9 Å². The molecule has 1 aliphatic rings. The number of nitrogens with one attached hydrogen (secondary N) is 2. The van der Waals surface area contributed by atoms with Gasteiger partial charge in [0.05, 0.1) is 6.04 Å². The average Bonchev–Trinajstić information content (AvgIpc) is 3.16. The maximum atomic E-state index is 12.7. The van der Waals surface area contributed by atoms with Gasteiger partial charge in [0.15, 0.2) is 0 Å². The van der Waals surface area contributed by atoms with Gasteiger partial charge in [-0.25, -0.2) is 4.79 Å². The van der Waals surface area contributed by atoms with E-state index in [1.54, 1.807) is 6.20 Å². The fourth-order valence-corrected chi connectivity index (χ4v) is 3.44. The Labute approximate surface area is 149 Å². The van der Waals surface area contributed by atoms with E-state index in [-0.39, 0.29) is 12.1 Å². The highest BCUT2D eigenvalue weighted by atomic mass is 16.2. The van der Waals surface area contributed by atoms with Crippen molar-refractivity contribution < 1.29 is 4.79 Å². The van der Waals surface area contributed by atoms with Gasteiger partial charge in [0.2, 0.25) is 0 Å². The van der Waals surface area contributed by atoms with Gasteiger partial charge in [0.1, 0.15) is 0 Å². The third kappa shape index (κ3) is 4.21. The summed E-state index contributed by atoms with van der Waals surface area (Å²) in [6.07, 6.45) is 3.89. The minimum atomic E-state index is 0.00115. The summed E-state index contributed by atoms with van der Waals surface area (Å²) in [5.41, 5.74) is 3.58. The van der Waals surface area contributed by atoms with E-state index in [0.717, 1.165) is 37.2 Å². The Morgan fingerprint density at radius 1 is 1.20 bits per heavy atom. The molecule has 0 bridgehead atoms. The highest BCUT2D eigenvalue weighted by Gasteiger charge is 2.26. The molecule has 0 aliphatic carbocycles. The van der Waals surface area contributed by atoms with E-state index in [2.05, 4.69) is 53.6 Å². The number of aromatic amines is 1. The number of hydrogen-bond donors (Lipinski definition) is 2. The Bertz CT molecular complexity index is 678. The minimum absolute atomic E-state index is 0.00115. The second-order valence-corrected chi connectivity index (χ2v) is 7.29. The van der Waals surface area contributed by atoms with Crippen molar-refractivity contribution in [2.75, 3.05) is 13.1 Å². The van der Waals surface area contributed by atoms with Gasteiger partial charge in [-0.05, 0) is 42.9 Å². The fourth-order valence-electron chi connectivity index (χ4n) is 3.44. The lowest BCUT2D eigenvalue weighted by molar-refractivity contribution is 0.176. The van der Waals surface area contributed by atoms with Crippen molar-refractivity contribution >= 4 is 6.03 Å². The minimum Gasteiger partial charge on any atom is -0.331 e. The molecule has 2 atom stereocenters. The van der Waals surface area contributed by atoms with Crippen LogP contribution in [0.1, 0.15) is 68.3 Å². The third-order valence-corrected chi connectivity index (χ3v) is 5.11. The van der Waals surface area contributed by atoms with Crippen LogP contribution < -0.4 is 5.32 Å². The van der Waals surface area contributed by atoms with Crippen LogP contribution >= 0.6 is 0 Å². The summed E-state index contributed by atoms with van der Waals surface area (Å²) in [5.74, 6) is 0.870. The summed E-state index contributed by atoms with van der Waals surface area (Å²) < 4.78 is 0. The van der Waals surface area contributed by atoms with Crippen LogP contribution in [0.4, 0.5) is 4.79 Å². The average molecular weight is 340 g/mol. The summed E-state index contributed by atoms with van der Waals surface area (Å²) in [5, 5.41) is 10.2. The summed E-state index contributed by atoms with van der Waals surface area (Å²) in [6.45, 7) is 7.97. The van der Waals surface area contributed by atoms with Crippen molar-refractivity contribution in [1.82, 2.24) is 20.4 Å². The van der Waals surface area contributed by atoms with Crippen molar-refractivity contribution in [3.05, 3.63) is 53.3 Å². The molecular weight excluding hydrogens is 312 g/mol. The lowest BCUT2D eigenvalue weighted by Gasteiger charge is -2.33. The van der Waals surface area contributed by atoms with E-state index in [4.69, 9.17) is 0 Å². The maximum Gasteiger partial charge on any atom is 0.317 e. The molecule has 5 heteroatoms. The largest absolute Gasteiger partial charge is 0.331 e. The van der Waals surface area contributed by atoms with Crippen molar-refractivity contribution in [3.8, 4) is 0 Å². The first-order valence-corrected chi connectivity index (χ1v) is 9.19. The van der Waals surface area contributed by atoms with Gasteiger partial charge >= 0.3 is 6.03 Å². The number of urea groups is 1. The molecule has 25 heavy (non-hydrogen) atoms. The zero-order valence-electron chi connectivity index (χ0n) is 15.3. The second-order valence-electron chi connectivity index (χ2n) is 7.29. The molecule has 1 aromatic heterocycles. The molecule has 3 rings (SSSR count). The van der Waals surface area contributed by atoms with Crippen LogP contribution in [0.25, 0.3) is 0 Å². The molecule has 1 saturated heterocycles. The molecule has 5 nitrogen and oxygen atoms in total. The van der Waals surface area contributed by atoms with Gasteiger partial charge in [-0.3, -0.25) is 5.10 Å². The molecule has 2 heterocycles. The van der Waals surface area contributed by atoms with Crippen LogP contribution in [-0.2, 0) is 0 Å². The number of piperidine rings is 1. The summed E-state index contributed by atoms with van der Waals surface area (Å²) in [7, 11) is 0. The monoisotopic (exact) mass is 340 g/mol. The topological polar surface area (TPSA) is 61.0 Å². The van der Waals surface area contributed by atoms with E-state index in [1.165, 1.54) is 5.56 Å². The van der Waals surface area contributed by atoms with Crippen LogP contribution in [0.2, 0.25) is 0 Å². The van der Waals surface area contributed by atoms with Gasteiger partial charge in [-0.15, -0.1) is 0 Å². The first-order chi connectivity index (χ1) is 12.0. The Kier molecular flexibility index (Phi) is 5.41. The van der Waals surface area contributed by atoms with E-state index in [9.17, 15) is 4.79 Å². The van der Waals surface area contributed by atoms with Gasteiger partial charge in [0.25, 0.3) is 0 Å². The van der Waals surface area contributed by atoms with E-state index in [0.29, 0.717) is 11.8 Å². The number of H-pyrrole nitrogens is 1. The molecule has 2 aromatic rings. The number of benzene rings is 1. The fraction of sp³-hybridized carbons (Fsp3) is 0.500. The molecule has 1 aromatic carbocycles. The highest BCUT2D eigenvalue weighted by Crippen LogP contribution is 2.25. The molecule has 2 amide bonds. The standard InChI is InChI=1S/C20H28N4O/c1-14(2)16-6-8-17(9-7-16)15(3)22-20(25)24-12-4-5-18(13-24)19-10-11-21-23-19/h6-11,14-15,18H,4-5,12-13H2,1-3H3,(H,21,23)(H,22,25). The number of amides is 2. The molecule has 1 fully saturated rings. The van der Waals surface area contributed by atoms with Crippen LogP contribution in [0.3, 0.4) is 0 Å². The number of likely N-dealkylation sites (tertiary alicyclic amines) is 1. The van der Waals surface area contributed by atoms with Gasteiger partial charge < -0.3 is 10.2 Å². The number of hydrogen-bond acceptors (Lipinski definition) is 2. The predicted octanol–water partition coefficient (Wildman–Crippen LogP) is 4.18. The third-order valence-electron chi connectivity index (χ3n) is 5.11. The quantitative estimate of drug-likeness (QED) is 0.877. The molecule has 2 unspecified atom stereocenters. The summed E-state index contributed by atoms with van der Waals surface area (Å²) in [6, 6.07) is 10.6. The van der Waals surface area contributed by atoms with Crippen molar-refractivity contribution in [1.29, 1.82) is 0 Å². The smallest absolute Gasteiger partial charge is 0.317 e. The van der Waals surface area contributed by atoms with Gasteiger partial charge in [-0.1, -0.05) is 38.1 Å². The number of rotatable bonds is 4. The van der Waals surface area contributed by atoms with E-state index < -0.39 is 0 Å². The Morgan fingerprint density at radius 3 is 2.56 bits per heavy atom. The SMILES string of the molecule is CC(C)c1ccc(C(C)NC(=O)N2CCCC(c3ccn[nH]3)C2)cc1. The molecule has 0 radical (unpaired) electrons. The van der Waals surface area contributed by atoms with Crippen LogP contribution in [0.5, 0.6) is 0 Å². The summed E-state index contributed by atoms with van der Waals surface area (Å²) in [4.78, 5) is 14.6. The zero-order chi connectivity index (χ0) is 17.8. The van der Waals surface area contributed by atoms with Gasteiger partial charge in [0, 0.05) is 30.9 Å². The van der Waals surface area contributed by atoms with E-state index >= 15 is 0 Å². The van der Waals surface area contributed by atoms with Crippen molar-refractivity contribution in [3.63, 3.8) is 0 Å². The van der Waals surface area contributed by atoms with Crippen LogP contribution in [0, 0.1) is 0 Å². The Hall–Kier alpha value is -2.30. The first kappa shape index (κ1) is 17.5.